The lowest BCUT2D eigenvalue weighted by atomic mass is 9.58. The molecule has 7 aliphatic rings. The van der Waals surface area contributed by atoms with E-state index in [-0.39, 0.29) is 46.0 Å². The number of hydrogen-bond acceptors (Lipinski definition) is 8. The van der Waals surface area contributed by atoms with Crippen LogP contribution in [0.5, 0.6) is 5.75 Å². The molecule has 1 spiro atoms. The third-order valence-corrected chi connectivity index (χ3v) is 16.2. The molecule has 0 aromatic heterocycles. The fourth-order valence-corrected chi connectivity index (χ4v) is 11.9. The molecule has 2 fully saturated rings. The molecule has 2 amide bonds. The molecule has 3 aliphatic carbocycles. The van der Waals surface area contributed by atoms with Gasteiger partial charge in [0.1, 0.15) is 17.2 Å². The van der Waals surface area contributed by atoms with Crippen LogP contribution in [0.2, 0.25) is 5.02 Å². The minimum Gasteiger partial charge on any atom is -0.490 e. The number of sulfonamides is 1. The average molecular weight is 783 g/mol. The Morgan fingerprint density at radius 1 is 1.13 bits per heavy atom. The summed E-state index contributed by atoms with van der Waals surface area (Å²) in [6.45, 7) is 10.3. The predicted molar refractivity (Wildman–Crippen MR) is 206 cm³/mol. The van der Waals surface area contributed by atoms with Gasteiger partial charge in [-0.25, -0.2) is 17.5 Å². The molecule has 292 valence electrons. The number of rotatable bonds is 3. The lowest BCUT2D eigenvalue weighted by Gasteiger charge is -2.56. The SMILES string of the molecule is CO[C@@]1(CN2CCN(C(C)=O)CC2)C2=C[C@@H](C2)[C@H](C)[C@@H](C)S(=O)(=O)NC(=O)c2ccc3c(c2)N(C[C@@H]2CC[C@H]21)C[C@@]1(CCCc2c1ccc(Cl)c2F)CO3. The highest BCUT2D eigenvalue weighted by Gasteiger charge is 2.55. The number of anilines is 1. The number of allylic oxidation sites excluding steroid dienone is 1. The standard InChI is InChI=1S/C41H52ClFN4O6S/c1-25-26(2)54(50,51)44-39(49)28-8-12-37-36(20-28)47(22-40(24-53-37)13-5-6-32-34(40)10-11-35(42)38(32)43)21-29-7-9-33(29)41(52-4,31-18-30(25)19-31)23-45-14-16-46(17-15-45)27(3)48/h8,10-12,18,20,25-26,29-30,33H,5-7,9,13-17,19,21-24H2,1-4H3,(H,44,49)/t25-,26-,29+,30+,33-,40+,41+/m1/s1. The van der Waals surface area contributed by atoms with Crippen LogP contribution in [-0.4, -0.2) is 100 Å². The molecule has 2 aromatic rings. The summed E-state index contributed by atoms with van der Waals surface area (Å²) in [5, 5.41) is -0.697. The molecular formula is C41H52ClFN4O6S. The highest BCUT2D eigenvalue weighted by Crippen LogP contribution is 2.54. The maximum Gasteiger partial charge on any atom is 0.264 e. The van der Waals surface area contributed by atoms with Crippen molar-refractivity contribution >= 4 is 39.1 Å². The van der Waals surface area contributed by atoms with Crippen molar-refractivity contribution in [2.45, 2.75) is 75.6 Å². The van der Waals surface area contributed by atoms with Crippen molar-refractivity contribution in [2.75, 3.05) is 64.4 Å². The number of benzene rings is 2. The molecule has 4 heterocycles. The number of hydrogen-bond donors (Lipinski definition) is 1. The number of methoxy groups -OCH3 is 1. The van der Waals surface area contributed by atoms with E-state index < -0.39 is 32.2 Å². The van der Waals surface area contributed by atoms with E-state index in [1.54, 1.807) is 38.1 Å². The predicted octanol–water partition coefficient (Wildman–Crippen LogP) is 5.57. The van der Waals surface area contributed by atoms with Gasteiger partial charge in [-0.15, -0.1) is 0 Å². The number of halogens is 2. The summed E-state index contributed by atoms with van der Waals surface area (Å²) in [6.07, 6.45) is 7.11. The third-order valence-electron chi connectivity index (χ3n) is 14.1. The zero-order chi connectivity index (χ0) is 38.2. The molecule has 1 saturated heterocycles. The van der Waals surface area contributed by atoms with E-state index in [0.717, 1.165) is 50.0 Å². The van der Waals surface area contributed by atoms with Crippen molar-refractivity contribution in [3.63, 3.8) is 0 Å². The van der Waals surface area contributed by atoms with E-state index in [1.165, 1.54) is 5.57 Å². The highest BCUT2D eigenvalue weighted by molar-refractivity contribution is 7.90. The van der Waals surface area contributed by atoms with Crippen molar-refractivity contribution < 1.29 is 31.9 Å². The van der Waals surface area contributed by atoms with Crippen molar-refractivity contribution in [3.8, 4) is 5.75 Å². The fourth-order valence-electron chi connectivity index (χ4n) is 10.4. The van der Waals surface area contributed by atoms with Crippen molar-refractivity contribution in [2.24, 2.45) is 23.7 Å². The topological polar surface area (TPSA) is 108 Å². The van der Waals surface area contributed by atoms with E-state index >= 15 is 4.39 Å². The Kier molecular flexibility index (Phi) is 9.83. The molecular weight excluding hydrogens is 731 g/mol. The minimum atomic E-state index is -4.02. The first-order chi connectivity index (χ1) is 25.7. The Hall–Kier alpha value is -3.19. The van der Waals surface area contributed by atoms with Crippen LogP contribution in [0.4, 0.5) is 10.1 Å². The zero-order valence-electron chi connectivity index (χ0n) is 31.7. The van der Waals surface area contributed by atoms with Crippen LogP contribution in [0, 0.1) is 29.5 Å². The van der Waals surface area contributed by atoms with E-state index in [2.05, 4.69) is 20.6 Å². The Labute approximate surface area is 323 Å². The number of carbonyl (C=O) groups is 2. The molecule has 9 rings (SSSR count). The van der Waals surface area contributed by atoms with Gasteiger partial charge in [0.15, 0.2) is 0 Å². The summed E-state index contributed by atoms with van der Waals surface area (Å²) >= 11 is 6.30. The highest BCUT2D eigenvalue weighted by atomic mass is 35.5. The normalized spacial score (nSPS) is 33.6. The smallest absolute Gasteiger partial charge is 0.264 e. The second kappa shape index (κ2) is 14.1. The van der Waals surface area contributed by atoms with Gasteiger partial charge in [0.25, 0.3) is 5.91 Å². The summed E-state index contributed by atoms with van der Waals surface area (Å²) in [4.78, 5) is 32.5. The second-order valence-corrected chi connectivity index (χ2v) is 19.2. The minimum absolute atomic E-state index is 0.0194. The number of nitrogens with zero attached hydrogens (tertiary/aromatic N) is 3. The van der Waals surface area contributed by atoms with Crippen molar-refractivity contribution in [1.29, 1.82) is 0 Å². The van der Waals surface area contributed by atoms with Gasteiger partial charge in [0.2, 0.25) is 15.9 Å². The largest absolute Gasteiger partial charge is 0.490 e. The van der Waals surface area contributed by atoms with E-state index in [9.17, 15) is 18.0 Å². The van der Waals surface area contributed by atoms with Crippen LogP contribution in [0.15, 0.2) is 42.0 Å². The molecule has 7 atom stereocenters. The van der Waals surface area contributed by atoms with E-state index in [4.69, 9.17) is 21.1 Å². The van der Waals surface area contributed by atoms with Gasteiger partial charge in [0, 0.05) is 70.8 Å². The van der Waals surface area contributed by atoms with Crippen LogP contribution in [0.3, 0.4) is 0 Å². The van der Waals surface area contributed by atoms with Crippen molar-refractivity contribution in [1.82, 2.24) is 14.5 Å². The molecule has 1 saturated carbocycles. The van der Waals surface area contributed by atoms with Crippen LogP contribution < -0.4 is 14.4 Å². The fraction of sp³-hybridized carbons (Fsp3) is 0.610. The Morgan fingerprint density at radius 2 is 1.89 bits per heavy atom. The van der Waals surface area contributed by atoms with E-state index in [1.807, 2.05) is 25.0 Å². The molecule has 4 bridgehead atoms. The summed E-state index contributed by atoms with van der Waals surface area (Å²) in [5.74, 6) is -0.142. The summed E-state index contributed by atoms with van der Waals surface area (Å²) in [7, 11) is -2.20. The van der Waals surface area contributed by atoms with Crippen LogP contribution in [0.1, 0.15) is 74.4 Å². The maximum absolute atomic E-state index is 15.6. The number of carbonyl (C=O) groups excluding carboxylic acids is 2. The first kappa shape index (κ1) is 37.7. The van der Waals surface area contributed by atoms with Crippen molar-refractivity contribution in [3.05, 3.63) is 69.5 Å². The summed E-state index contributed by atoms with van der Waals surface area (Å²) < 4.78 is 58.8. The van der Waals surface area contributed by atoms with Gasteiger partial charge >= 0.3 is 0 Å². The molecule has 0 radical (unpaired) electrons. The summed E-state index contributed by atoms with van der Waals surface area (Å²) in [5.41, 5.74) is 2.60. The van der Waals surface area contributed by atoms with E-state index in [0.29, 0.717) is 63.5 Å². The Morgan fingerprint density at radius 3 is 2.57 bits per heavy atom. The molecule has 1 N–H and O–H groups in total. The molecule has 54 heavy (non-hydrogen) atoms. The Balaban J connectivity index is 1.22. The van der Waals surface area contributed by atoms with Gasteiger partial charge in [-0.1, -0.05) is 30.7 Å². The lowest BCUT2D eigenvalue weighted by Crippen LogP contribution is -2.62. The molecule has 13 heteroatoms. The number of amides is 2. The van der Waals surface area contributed by atoms with Crippen LogP contribution in [-0.2, 0) is 31.4 Å². The number of ether oxygens (including phenoxy) is 2. The van der Waals surface area contributed by atoms with Gasteiger partial charge < -0.3 is 19.3 Å². The maximum atomic E-state index is 15.6. The van der Waals surface area contributed by atoms with Crippen LogP contribution in [0.25, 0.3) is 0 Å². The number of fused-ring (bicyclic) bond motifs is 6. The molecule has 4 aliphatic heterocycles. The molecule has 10 nitrogen and oxygen atoms in total. The first-order valence-electron chi connectivity index (χ1n) is 19.5. The first-order valence-corrected chi connectivity index (χ1v) is 21.5. The summed E-state index contributed by atoms with van der Waals surface area (Å²) in [6, 6.07) is 8.75. The average Bonchev–Trinajstić information content (AvgIpc) is 3.27. The third kappa shape index (κ3) is 6.33. The Bertz CT molecular complexity index is 1990. The van der Waals surface area contributed by atoms with Gasteiger partial charge in [0.05, 0.1) is 22.6 Å². The molecule has 0 unspecified atom stereocenters. The van der Waals surface area contributed by atoms with Gasteiger partial charge in [-0.2, -0.15) is 0 Å². The van der Waals surface area contributed by atoms with Crippen LogP contribution >= 0.6 is 11.6 Å². The number of piperazine rings is 1. The quantitative estimate of drug-likeness (QED) is 0.403. The molecule has 2 aromatic carbocycles. The monoisotopic (exact) mass is 782 g/mol. The number of nitrogens with one attached hydrogen (secondary N) is 1. The zero-order valence-corrected chi connectivity index (χ0v) is 33.3. The van der Waals surface area contributed by atoms with Gasteiger partial charge in [-0.05, 0) is 110 Å². The van der Waals surface area contributed by atoms with Gasteiger partial charge in [-0.3, -0.25) is 14.5 Å². The second-order valence-electron chi connectivity index (χ2n) is 16.8. The lowest BCUT2D eigenvalue weighted by molar-refractivity contribution is -0.133.